The summed E-state index contributed by atoms with van der Waals surface area (Å²) in [6.07, 6.45) is -1.07. The van der Waals surface area contributed by atoms with E-state index in [1.165, 1.54) is 0 Å². The lowest BCUT2D eigenvalue weighted by Crippen LogP contribution is -2.43. The van der Waals surface area contributed by atoms with Crippen LogP contribution in [-0.2, 0) is 13.2 Å². The number of nitrogens with one attached hydrogen (secondary N) is 1. The average molecular weight is 485 g/mol. The van der Waals surface area contributed by atoms with Crippen molar-refractivity contribution in [1.82, 2.24) is 19.5 Å². The highest BCUT2D eigenvalue weighted by Gasteiger charge is 2.31. The lowest BCUT2D eigenvalue weighted by molar-refractivity contribution is -0.138. The fourth-order valence-electron chi connectivity index (χ4n) is 3.63. The Kier molecular flexibility index (Phi) is 5.48. The van der Waals surface area contributed by atoms with Crippen molar-refractivity contribution < 1.29 is 17.9 Å². The molecule has 11 heteroatoms. The van der Waals surface area contributed by atoms with Gasteiger partial charge in [0, 0.05) is 44.6 Å². The third kappa shape index (κ3) is 4.03. The van der Waals surface area contributed by atoms with Gasteiger partial charge in [-0.25, -0.2) is 15.0 Å². The van der Waals surface area contributed by atoms with E-state index in [4.69, 9.17) is 9.72 Å². The quantitative estimate of drug-likeness (QED) is 0.597. The minimum absolute atomic E-state index is 0.00317. The van der Waals surface area contributed by atoms with Crippen molar-refractivity contribution >= 4 is 38.9 Å². The zero-order valence-corrected chi connectivity index (χ0v) is 18.0. The minimum atomic E-state index is -4.45. The Morgan fingerprint density at radius 1 is 1.23 bits per heavy atom. The summed E-state index contributed by atoms with van der Waals surface area (Å²) in [7, 11) is 3.57. The van der Waals surface area contributed by atoms with Gasteiger partial charge in [0.05, 0.1) is 28.2 Å². The van der Waals surface area contributed by atoms with Gasteiger partial charge >= 0.3 is 6.18 Å². The highest BCUT2D eigenvalue weighted by atomic mass is 79.9. The number of anilines is 2. The van der Waals surface area contributed by atoms with E-state index < -0.39 is 11.7 Å². The molecular weight excluding hydrogens is 465 g/mol. The van der Waals surface area contributed by atoms with E-state index in [1.54, 1.807) is 7.11 Å². The Morgan fingerprint density at radius 2 is 1.97 bits per heavy atom. The standard InChI is InChI=1S/C19H20BrF3N6O/c1-28-15-7-16(30-2)13(20)6-14(15)27-18(28)29-5-3-4-12(10-29)26-17-24-8-11(9-25-17)19(21,22)23/h6-9,12H,3-5,10H2,1-2H3,(H,24,25,26). The van der Waals surface area contributed by atoms with E-state index in [0.717, 1.165) is 59.0 Å². The monoisotopic (exact) mass is 484 g/mol. The van der Waals surface area contributed by atoms with Gasteiger partial charge < -0.3 is 19.5 Å². The maximum atomic E-state index is 12.7. The first kappa shape index (κ1) is 20.7. The molecule has 1 fully saturated rings. The Hall–Kier alpha value is -2.56. The lowest BCUT2D eigenvalue weighted by atomic mass is 10.1. The topological polar surface area (TPSA) is 68.1 Å². The summed E-state index contributed by atoms with van der Waals surface area (Å²) in [5, 5.41) is 3.14. The molecule has 0 radical (unpaired) electrons. The first-order valence-corrected chi connectivity index (χ1v) is 10.2. The van der Waals surface area contributed by atoms with Crippen molar-refractivity contribution in [2.75, 3.05) is 30.4 Å². The van der Waals surface area contributed by atoms with Gasteiger partial charge in [-0.15, -0.1) is 0 Å². The molecule has 3 aromatic rings. The third-order valence-electron chi connectivity index (χ3n) is 5.15. The third-order valence-corrected chi connectivity index (χ3v) is 5.77. The van der Waals surface area contributed by atoms with Crippen LogP contribution >= 0.6 is 15.9 Å². The van der Waals surface area contributed by atoms with Crippen LogP contribution in [0.1, 0.15) is 18.4 Å². The molecule has 3 heterocycles. The van der Waals surface area contributed by atoms with Crippen LogP contribution in [0.15, 0.2) is 29.0 Å². The lowest BCUT2D eigenvalue weighted by Gasteiger charge is -2.33. The molecule has 2 aromatic heterocycles. The van der Waals surface area contributed by atoms with Crippen LogP contribution < -0.4 is 15.0 Å². The van der Waals surface area contributed by atoms with Crippen molar-refractivity contribution in [3.8, 4) is 5.75 Å². The van der Waals surface area contributed by atoms with Crippen LogP contribution in [0.5, 0.6) is 5.75 Å². The van der Waals surface area contributed by atoms with E-state index >= 15 is 0 Å². The number of ether oxygens (including phenoxy) is 1. The van der Waals surface area contributed by atoms with Crippen molar-refractivity contribution in [3.05, 3.63) is 34.6 Å². The summed E-state index contributed by atoms with van der Waals surface area (Å²) in [5.74, 6) is 1.74. The Labute approximate surface area is 179 Å². The second-order valence-corrected chi connectivity index (χ2v) is 8.02. The predicted octanol–water partition coefficient (Wildman–Crippen LogP) is 4.23. The molecule has 1 saturated heterocycles. The summed E-state index contributed by atoms with van der Waals surface area (Å²) in [6.45, 7) is 1.47. The van der Waals surface area contributed by atoms with Gasteiger partial charge in [0.2, 0.25) is 11.9 Å². The molecule has 1 unspecified atom stereocenters. The van der Waals surface area contributed by atoms with E-state index in [2.05, 4.69) is 36.1 Å². The highest BCUT2D eigenvalue weighted by molar-refractivity contribution is 9.10. The molecule has 1 atom stereocenters. The molecule has 0 saturated carbocycles. The molecule has 0 bridgehead atoms. The Balaban J connectivity index is 1.52. The van der Waals surface area contributed by atoms with E-state index in [-0.39, 0.29) is 12.0 Å². The number of halogens is 4. The number of piperidine rings is 1. The number of methoxy groups -OCH3 is 1. The molecule has 0 aliphatic carbocycles. The number of aromatic nitrogens is 4. The number of hydrogen-bond acceptors (Lipinski definition) is 6. The molecule has 1 aliphatic heterocycles. The molecule has 1 N–H and O–H groups in total. The first-order valence-electron chi connectivity index (χ1n) is 9.37. The summed E-state index contributed by atoms with van der Waals surface area (Å²) < 4.78 is 46.3. The van der Waals surface area contributed by atoms with Gasteiger partial charge in [-0.3, -0.25) is 0 Å². The van der Waals surface area contributed by atoms with Gasteiger partial charge in [0.15, 0.2) is 0 Å². The van der Waals surface area contributed by atoms with Crippen LogP contribution in [0.4, 0.5) is 25.1 Å². The fourth-order valence-corrected chi connectivity index (χ4v) is 4.12. The number of fused-ring (bicyclic) bond motifs is 1. The molecule has 1 aliphatic rings. The zero-order valence-electron chi connectivity index (χ0n) is 16.4. The summed E-state index contributed by atoms with van der Waals surface area (Å²) in [4.78, 5) is 14.6. The van der Waals surface area contributed by atoms with Gasteiger partial charge in [-0.1, -0.05) is 0 Å². The fraction of sp³-hybridized carbons (Fsp3) is 0.421. The summed E-state index contributed by atoms with van der Waals surface area (Å²) in [6, 6.07) is 3.86. The van der Waals surface area contributed by atoms with E-state index in [9.17, 15) is 13.2 Å². The molecule has 7 nitrogen and oxygen atoms in total. The molecule has 1 aromatic carbocycles. The number of alkyl halides is 3. The number of imidazole rings is 1. The van der Waals surface area contributed by atoms with Crippen LogP contribution in [0.25, 0.3) is 11.0 Å². The van der Waals surface area contributed by atoms with E-state index in [0.29, 0.717) is 6.54 Å². The van der Waals surface area contributed by atoms with Crippen molar-refractivity contribution in [1.29, 1.82) is 0 Å². The van der Waals surface area contributed by atoms with Gasteiger partial charge in [-0.05, 0) is 34.8 Å². The number of benzene rings is 1. The average Bonchev–Trinajstić information content (AvgIpc) is 3.02. The zero-order chi connectivity index (χ0) is 21.5. The maximum absolute atomic E-state index is 12.7. The van der Waals surface area contributed by atoms with Gasteiger partial charge in [-0.2, -0.15) is 13.2 Å². The van der Waals surface area contributed by atoms with Crippen LogP contribution in [0.2, 0.25) is 0 Å². The summed E-state index contributed by atoms with van der Waals surface area (Å²) in [5.41, 5.74) is 0.937. The normalized spacial score (nSPS) is 17.4. The van der Waals surface area contributed by atoms with Crippen molar-refractivity contribution in [2.24, 2.45) is 7.05 Å². The van der Waals surface area contributed by atoms with E-state index in [1.807, 2.05) is 23.7 Å². The van der Waals surface area contributed by atoms with Crippen LogP contribution in [-0.4, -0.2) is 45.8 Å². The summed E-state index contributed by atoms with van der Waals surface area (Å²) >= 11 is 3.49. The highest BCUT2D eigenvalue weighted by Crippen LogP contribution is 2.33. The number of rotatable bonds is 4. The van der Waals surface area contributed by atoms with Crippen LogP contribution in [0.3, 0.4) is 0 Å². The van der Waals surface area contributed by atoms with Crippen molar-refractivity contribution in [3.63, 3.8) is 0 Å². The Morgan fingerprint density at radius 3 is 2.63 bits per heavy atom. The minimum Gasteiger partial charge on any atom is -0.495 e. The largest absolute Gasteiger partial charge is 0.495 e. The second kappa shape index (κ2) is 7.93. The van der Waals surface area contributed by atoms with Crippen LogP contribution in [0, 0.1) is 0 Å². The first-order chi connectivity index (χ1) is 14.3. The molecule has 0 spiro atoms. The maximum Gasteiger partial charge on any atom is 0.419 e. The SMILES string of the molecule is COc1cc2c(cc1Br)nc(N1CCCC(Nc3ncc(C(F)(F)F)cn3)C1)n2C. The molecule has 4 rings (SSSR count). The molecular formula is C19H20BrF3N6O. The number of hydrogen-bond donors (Lipinski definition) is 1. The van der Waals surface area contributed by atoms with Gasteiger partial charge in [0.25, 0.3) is 0 Å². The number of aryl methyl sites for hydroxylation is 1. The number of nitrogens with zero attached hydrogens (tertiary/aromatic N) is 5. The molecule has 30 heavy (non-hydrogen) atoms. The predicted molar refractivity (Wildman–Crippen MR) is 111 cm³/mol. The second-order valence-electron chi connectivity index (χ2n) is 7.17. The van der Waals surface area contributed by atoms with Crippen molar-refractivity contribution in [2.45, 2.75) is 25.1 Å². The molecule has 160 valence electrons. The molecule has 0 amide bonds. The smallest absolute Gasteiger partial charge is 0.419 e. The van der Waals surface area contributed by atoms with Gasteiger partial charge in [0.1, 0.15) is 5.75 Å². The Bertz CT molecular complexity index is 1050.